The lowest BCUT2D eigenvalue weighted by Gasteiger charge is -2.07. The molecule has 0 atom stereocenters. The first-order valence-corrected chi connectivity index (χ1v) is 4.95. The van der Waals surface area contributed by atoms with Crippen molar-refractivity contribution >= 4 is 17.3 Å². The Labute approximate surface area is 88.3 Å². The number of hydrogen-bond acceptors (Lipinski definition) is 4. The topological polar surface area (TPSA) is 60.4 Å². The van der Waals surface area contributed by atoms with Gasteiger partial charge in [-0.25, -0.2) is 0 Å². The zero-order valence-electron chi connectivity index (χ0n) is 8.96. The van der Waals surface area contributed by atoms with Gasteiger partial charge in [0.25, 0.3) is 0 Å². The Morgan fingerprint density at radius 1 is 1.33 bits per heavy atom. The average molecular weight is 210 g/mol. The Bertz CT molecular complexity index is 338. The van der Waals surface area contributed by atoms with Gasteiger partial charge < -0.3 is 4.74 Å². The van der Waals surface area contributed by atoms with Crippen LogP contribution in [0.25, 0.3) is 0 Å². The molecule has 0 aromatic rings. The van der Waals surface area contributed by atoms with E-state index in [1.165, 1.54) is 7.11 Å². The van der Waals surface area contributed by atoms with Crippen molar-refractivity contribution in [3.8, 4) is 0 Å². The SMILES string of the molecule is CCC(=O)C1=C(OC)CCC(=O)CC1=O. The molecule has 1 aliphatic carbocycles. The minimum atomic E-state index is -0.402. The molecule has 0 saturated heterocycles. The molecule has 0 aromatic carbocycles. The zero-order chi connectivity index (χ0) is 11.4. The summed E-state index contributed by atoms with van der Waals surface area (Å²) in [4.78, 5) is 34.3. The lowest BCUT2D eigenvalue weighted by Crippen LogP contribution is -2.15. The summed E-state index contributed by atoms with van der Waals surface area (Å²) in [7, 11) is 1.42. The molecule has 0 unspecified atom stereocenters. The van der Waals surface area contributed by atoms with Gasteiger partial charge in [-0.15, -0.1) is 0 Å². The van der Waals surface area contributed by atoms with E-state index in [4.69, 9.17) is 4.74 Å². The maximum atomic E-state index is 11.6. The summed E-state index contributed by atoms with van der Waals surface area (Å²) < 4.78 is 5.01. The lowest BCUT2D eigenvalue weighted by atomic mass is 10.0. The third-order valence-electron chi connectivity index (χ3n) is 2.39. The first-order chi connectivity index (χ1) is 7.10. The fourth-order valence-electron chi connectivity index (χ4n) is 1.58. The predicted octanol–water partition coefficient (Wildman–Crippen LogP) is 1.19. The Balaban J connectivity index is 3.10. The third kappa shape index (κ3) is 2.52. The molecule has 1 rings (SSSR count). The van der Waals surface area contributed by atoms with Crippen LogP contribution < -0.4 is 0 Å². The summed E-state index contributed by atoms with van der Waals surface area (Å²) in [6.07, 6.45) is 0.702. The Hall–Kier alpha value is -1.45. The van der Waals surface area contributed by atoms with Crippen LogP contribution in [0.5, 0.6) is 0 Å². The Kier molecular flexibility index (Phi) is 3.77. The van der Waals surface area contributed by atoms with Gasteiger partial charge in [0.2, 0.25) is 0 Å². The van der Waals surface area contributed by atoms with Gasteiger partial charge in [-0.1, -0.05) is 6.92 Å². The van der Waals surface area contributed by atoms with E-state index in [0.717, 1.165) is 0 Å². The van der Waals surface area contributed by atoms with Crippen molar-refractivity contribution in [3.05, 3.63) is 11.3 Å². The highest BCUT2D eigenvalue weighted by Gasteiger charge is 2.27. The van der Waals surface area contributed by atoms with E-state index in [1.54, 1.807) is 6.92 Å². The molecular formula is C11H14O4. The second kappa shape index (κ2) is 4.87. The summed E-state index contributed by atoms with van der Waals surface area (Å²) in [5, 5.41) is 0. The van der Waals surface area contributed by atoms with Crippen molar-refractivity contribution in [2.24, 2.45) is 0 Å². The van der Waals surface area contributed by atoms with Crippen LogP contribution in [-0.4, -0.2) is 24.5 Å². The molecule has 0 heterocycles. The summed E-state index contributed by atoms with van der Waals surface area (Å²) in [6.45, 7) is 1.68. The van der Waals surface area contributed by atoms with Crippen molar-refractivity contribution in [2.45, 2.75) is 32.6 Å². The van der Waals surface area contributed by atoms with Gasteiger partial charge in [-0.2, -0.15) is 0 Å². The molecule has 0 bridgehead atoms. The molecule has 0 spiro atoms. The fraction of sp³-hybridized carbons (Fsp3) is 0.545. The van der Waals surface area contributed by atoms with Gasteiger partial charge in [0.15, 0.2) is 11.6 Å². The average Bonchev–Trinajstić information content (AvgIpc) is 2.35. The number of carbonyl (C=O) groups excluding carboxylic acids is 3. The molecule has 0 fully saturated rings. The molecule has 15 heavy (non-hydrogen) atoms. The van der Waals surface area contributed by atoms with Crippen LogP contribution in [0.15, 0.2) is 11.3 Å². The number of rotatable bonds is 3. The summed E-state index contributed by atoms with van der Waals surface area (Å²) >= 11 is 0. The van der Waals surface area contributed by atoms with Crippen LogP contribution in [0.2, 0.25) is 0 Å². The van der Waals surface area contributed by atoms with Gasteiger partial charge in [0.1, 0.15) is 11.5 Å². The van der Waals surface area contributed by atoms with Gasteiger partial charge in [-0.3, -0.25) is 14.4 Å². The van der Waals surface area contributed by atoms with Crippen molar-refractivity contribution in [1.29, 1.82) is 0 Å². The Morgan fingerprint density at radius 2 is 2.00 bits per heavy atom. The van der Waals surface area contributed by atoms with Crippen LogP contribution in [0.1, 0.15) is 32.6 Å². The van der Waals surface area contributed by atoms with E-state index in [0.29, 0.717) is 12.2 Å². The van der Waals surface area contributed by atoms with Crippen LogP contribution in [0, 0.1) is 0 Å². The molecule has 0 radical (unpaired) electrons. The summed E-state index contributed by atoms with van der Waals surface area (Å²) in [5.41, 5.74) is 0.0887. The van der Waals surface area contributed by atoms with Gasteiger partial charge in [-0.05, 0) is 0 Å². The minimum absolute atomic E-state index is 0.0887. The predicted molar refractivity (Wildman–Crippen MR) is 53.2 cm³/mol. The molecule has 0 aromatic heterocycles. The quantitative estimate of drug-likeness (QED) is 0.518. The van der Waals surface area contributed by atoms with E-state index in [9.17, 15) is 14.4 Å². The Morgan fingerprint density at radius 3 is 2.53 bits per heavy atom. The number of Topliss-reactive ketones (excluding diaryl/α,β-unsaturated/α-hetero) is 3. The fourth-order valence-corrected chi connectivity index (χ4v) is 1.58. The molecular weight excluding hydrogens is 196 g/mol. The summed E-state index contributed by atoms with van der Waals surface area (Å²) in [5.74, 6) is -0.418. The van der Waals surface area contributed by atoms with Crippen LogP contribution in [0.4, 0.5) is 0 Å². The van der Waals surface area contributed by atoms with Gasteiger partial charge >= 0.3 is 0 Å². The van der Waals surface area contributed by atoms with Crippen LogP contribution >= 0.6 is 0 Å². The molecule has 4 heteroatoms. The molecule has 82 valence electrons. The van der Waals surface area contributed by atoms with Crippen LogP contribution in [0.3, 0.4) is 0 Å². The van der Waals surface area contributed by atoms with E-state index >= 15 is 0 Å². The maximum Gasteiger partial charge on any atom is 0.177 e. The normalized spacial score (nSPS) is 17.7. The zero-order valence-corrected chi connectivity index (χ0v) is 8.96. The highest BCUT2D eigenvalue weighted by atomic mass is 16.5. The standard InChI is InChI=1S/C11H14O4/c1-3-8(13)11-9(14)6-7(12)4-5-10(11)15-2/h3-6H2,1-2H3. The molecule has 0 aliphatic heterocycles. The first kappa shape index (κ1) is 11.6. The van der Waals surface area contributed by atoms with Crippen molar-refractivity contribution in [3.63, 3.8) is 0 Å². The van der Waals surface area contributed by atoms with Crippen molar-refractivity contribution in [1.82, 2.24) is 0 Å². The first-order valence-electron chi connectivity index (χ1n) is 4.95. The minimum Gasteiger partial charge on any atom is -0.500 e. The molecule has 0 saturated carbocycles. The van der Waals surface area contributed by atoms with E-state index in [2.05, 4.69) is 0 Å². The number of ether oxygens (including phenoxy) is 1. The number of methoxy groups -OCH3 is 1. The monoisotopic (exact) mass is 210 g/mol. The van der Waals surface area contributed by atoms with E-state index < -0.39 is 5.78 Å². The number of allylic oxidation sites excluding steroid dienone is 2. The largest absolute Gasteiger partial charge is 0.500 e. The van der Waals surface area contributed by atoms with E-state index in [1.807, 2.05) is 0 Å². The molecule has 1 aliphatic rings. The summed E-state index contributed by atoms with van der Waals surface area (Å²) in [6, 6.07) is 0. The second-order valence-corrected chi connectivity index (χ2v) is 3.42. The molecule has 4 nitrogen and oxygen atoms in total. The number of hydrogen-bond donors (Lipinski definition) is 0. The van der Waals surface area contributed by atoms with Crippen LogP contribution in [-0.2, 0) is 19.1 Å². The number of ketones is 3. The lowest BCUT2D eigenvalue weighted by molar-refractivity contribution is -0.125. The second-order valence-electron chi connectivity index (χ2n) is 3.42. The van der Waals surface area contributed by atoms with Gasteiger partial charge in [0.05, 0.1) is 19.1 Å². The van der Waals surface area contributed by atoms with Gasteiger partial charge in [0, 0.05) is 19.3 Å². The number of carbonyl (C=O) groups is 3. The molecule has 0 amide bonds. The highest BCUT2D eigenvalue weighted by molar-refractivity contribution is 6.24. The third-order valence-corrected chi connectivity index (χ3v) is 2.39. The van der Waals surface area contributed by atoms with Crippen molar-refractivity contribution in [2.75, 3.05) is 7.11 Å². The van der Waals surface area contributed by atoms with Crippen molar-refractivity contribution < 1.29 is 19.1 Å². The molecule has 0 N–H and O–H groups in total. The smallest absolute Gasteiger partial charge is 0.177 e. The highest BCUT2D eigenvalue weighted by Crippen LogP contribution is 2.21. The van der Waals surface area contributed by atoms with E-state index in [-0.39, 0.29) is 36.4 Å². The maximum absolute atomic E-state index is 11.6.